The molecule has 0 heterocycles. The molecular formula is C24H52FeO6P2. The van der Waals surface area contributed by atoms with Crippen molar-refractivity contribution >= 4 is 15.2 Å². The van der Waals surface area contributed by atoms with Crippen molar-refractivity contribution in [3.05, 3.63) is 0 Å². The Kier molecular flexibility index (Phi) is 31.9. The Morgan fingerprint density at radius 3 is 1.03 bits per heavy atom. The molecule has 0 aromatic heterocycles. The molecule has 2 unspecified atom stereocenters. The van der Waals surface area contributed by atoms with Gasteiger partial charge in [0.1, 0.15) is 15.2 Å². The number of unbranched alkanes of at least 4 members (excludes halogenated alkanes) is 12. The van der Waals surface area contributed by atoms with Crippen LogP contribution in [0.15, 0.2) is 0 Å². The molecule has 0 rings (SSSR count). The second kappa shape index (κ2) is 27.4. The second-order valence-corrected chi connectivity index (χ2v) is 12.4. The Bertz CT molecular complexity index is 438. The van der Waals surface area contributed by atoms with Crippen molar-refractivity contribution in [2.24, 2.45) is 0 Å². The third-order valence-corrected chi connectivity index (χ3v) is 8.02. The van der Waals surface area contributed by atoms with Crippen LogP contribution in [0.2, 0.25) is 0 Å². The van der Waals surface area contributed by atoms with Crippen molar-refractivity contribution in [1.82, 2.24) is 0 Å². The van der Waals surface area contributed by atoms with E-state index in [1.807, 2.05) is 0 Å². The Labute approximate surface area is 215 Å². The Balaban J connectivity index is -0.000000529. The summed E-state index contributed by atoms with van der Waals surface area (Å²) >= 11 is 0. The van der Waals surface area contributed by atoms with Gasteiger partial charge in [-0.05, 0) is 25.7 Å². The molecule has 0 aliphatic carbocycles. The van der Waals surface area contributed by atoms with Crippen LogP contribution in [-0.4, -0.2) is 25.5 Å². The first kappa shape index (κ1) is 38.4. The van der Waals surface area contributed by atoms with Crippen molar-refractivity contribution in [2.75, 3.05) is 25.5 Å². The molecule has 0 spiro atoms. The molecule has 202 valence electrons. The van der Waals surface area contributed by atoms with Crippen molar-refractivity contribution in [3.63, 3.8) is 0 Å². The van der Waals surface area contributed by atoms with E-state index in [9.17, 15) is 18.9 Å². The first-order valence-corrected chi connectivity index (χ1v) is 16.6. The third kappa shape index (κ3) is 32.8. The zero-order valence-corrected chi connectivity index (χ0v) is 24.7. The van der Waals surface area contributed by atoms with Crippen molar-refractivity contribution in [2.45, 2.75) is 130 Å². The first-order chi connectivity index (χ1) is 15.2. The molecule has 0 aliphatic heterocycles. The van der Waals surface area contributed by atoms with E-state index in [2.05, 4.69) is 27.7 Å². The maximum atomic E-state index is 11.4. The van der Waals surface area contributed by atoms with Crippen LogP contribution in [0.25, 0.3) is 0 Å². The maximum Gasteiger partial charge on any atom is 2.00 e. The molecule has 0 N–H and O–H groups in total. The normalized spacial score (nSPS) is 14.5. The van der Waals surface area contributed by atoms with E-state index in [0.717, 1.165) is 103 Å². The average Bonchev–Trinajstić information content (AvgIpc) is 2.74. The van der Waals surface area contributed by atoms with Crippen LogP contribution in [0.1, 0.15) is 130 Å². The van der Waals surface area contributed by atoms with Gasteiger partial charge in [0.05, 0.1) is 13.2 Å². The van der Waals surface area contributed by atoms with Gasteiger partial charge in [-0.25, -0.2) is 0 Å². The molecule has 0 saturated heterocycles. The Morgan fingerprint density at radius 2 is 0.758 bits per heavy atom. The van der Waals surface area contributed by atoms with Gasteiger partial charge in [0.2, 0.25) is 0 Å². The van der Waals surface area contributed by atoms with Gasteiger partial charge >= 0.3 is 17.1 Å². The molecule has 0 radical (unpaired) electrons. The molecule has 0 bridgehead atoms. The fourth-order valence-corrected chi connectivity index (χ4v) is 5.35. The van der Waals surface area contributed by atoms with E-state index >= 15 is 0 Å². The fourth-order valence-electron chi connectivity index (χ4n) is 3.06. The van der Waals surface area contributed by atoms with Gasteiger partial charge in [-0.2, -0.15) is 0 Å². The van der Waals surface area contributed by atoms with E-state index in [-0.39, 0.29) is 29.4 Å². The van der Waals surface area contributed by atoms with Crippen molar-refractivity contribution < 1.29 is 45.0 Å². The SMILES string of the molecule is CCCCCCOP(=O)([O-])CCCCCC.CCCCCCOP(=O)([O-])CCCCCC.[Fe+2]. The summed E-state index contributed by atoms with van der Waals surface area (Å²) in [6.07, 6.45) is 16.8. The third-order valence-electron chi connectivity index (χ3n) is 5.14. The zero-order valence-electron chi connectivity index (χ0n) is 21.8. The minimum atomic E-state index is -3.53. The topological polar surface area (TPSA) is 98.7 Å². The molecule has 0 saturated carbocycles. The molecule has 33 heavy (non-hydrogen) atoms. The van der Waals surface area contributed by atoms with Crippen LogP contribution < -0.4 is 9.79 Å². The largest absolute Gasteiger partial charge is 2.00 e. The van der Waals surface area contributed by atoms with Crippen molar-refractivity contribution in [1.29, 1.82) is 0 Å². The van der Waals surface area contributed by atoms with Crippen LogP contribution in [0.5, 0.6) is 0 Å². The quantitative estimate of drug-likeness (QED) is 0.0784. The maximum absolute atomic E-state index is 11.4. The minimum absolute atomic E-state index is 0. The van der Waals surface area contributed by atoms with Gasteiger partial charge in [0, 0.05) is 12.3 Å². The van der Waals surface area contributed by atoms with E-state index in [0.29, 0.717) is 13.2 Å². The van der Waals surface area contributed by atoms with Crippen LogP contribution in [0, 0.1) is 0 Å². The summed E-state index contributed by atoms with van der Waals surface area (Å²) in [4.78, 5) is 22.9. The predicted octanol–water partition coefficient (Wildman–Crippen LogP) is 7.43. The Hall–Kier alpha value is 0.819. The summed E-state index contributed by atoms with van der Waals surface area (Å²) in [6, 6.07) is 0. The van der Waals surface area contributed by atoms with Gasteiger partial charge in [0.25, 0.3) is 0 Å². The number of rotatable bonds is 22. The van der Waals surface area contributed by atoms with E-state index < -0.39 is 15.2 Å². The van der Waals surface area contributed by atoms with E-state index in [1.165, 1.54) is 0 Å². The molecule has 0 fully saturated rings. The van der Waals surface area contributed by atoms with Gasteiger partial charge in [-0.15, -0.1) is 0 Å². The summed E-state index contributed by atoms with van der Waals surface area (Å²) in [5.41, 5.74) is 0. The molecule has 0 aromatic carbocycles. The van der Waals surface area contributed by atoms with Gasteiger partial charge in [-0.3, -0.25) is 0 Å². The molecule has 0 amide bonds. The molecule has 0 aromatic rings. The number of hydrogen-bond donors (Lipinski definition) is 0. The van der Waals surface area contributed by atoms with E-state index in [1.54, 1.807) is 0 Å². The standard InChI is InChI=1S/2C12H27O3P.Fe/c2*1-3-5-7-9-11-15-16(13,14)12-10-8-6-4-2;/h2*3-12H2,1-2H3,(H,13,14);/q;;+2/p-2. The van der Waals surface area contributed by atoms with Gasteiger partial charge in [-0.1, -0.05) is 105 Å². The summed E-state index contributed by atoms with van der Waals surface area (Å²) in [7, 11) is -7.06. The first-order valence-electron chi connectivity index (χ1n) is 13.1. The van der Waals surface area contributed by atoms with Gasteiger partial charge < -0.3 is 28.0 Å². The van der Waals surface area contributed by atoms with Gasteiger partial charge in [0.15, 0.2) is 0 Å². The minimum Gasteiger partial charge on any atom is -0.778 e. The second-order valence-electron chi connectivity index (χ2n) is 8.58. The number of hydrogen-bond acceptors (Lipinski definition) is 6. The van der Waals surface area contributed by atoms with Crippen LogP contribution >= 0.6 is 15.2 Å². The monoisotopic (exact) mass is 554 g/mol. The molecular weight excluding hydrogens is 502 g/mol. The fraction of sp³-hybridized carbons (Fsp3) is 1.00. The molecule has 6 nitrogen and oxygen atoms in total. The molecule has 9 heteroatoms. The van der Waals surface area contributed by atoms with Crippen LogP contribution in [-0.2, 0) is 35.2 Å². The summed E-state index contributed by atoms with van der Waals surface area (Å²) in [6.45, 7) is 9.23. The summed E-state index contributed by atoms with van der Waals surface area (Å²) in [5.74, 6) is 0. The predicted molar refractivity (Wildman–Crippen MR) is 133 cm³/mol. The van der Waals surface area contributed by atoms with E-state index in [4.69, 9.17) is 9.05 Å². The molecule has 0 aliphatic rings. The smallest absolute Gasteiger partial charge is 0.778 e. The molecule has 2 atom stereocenters. The summed E-state index contributed by atoms with van der Waals surface area (Å²) in [5, 5.41) is 0. The van der Waals surface area contributed by atoms with Crippen LogP contribution in [0.4, 0.5) is 0 Å². The zero-order chi connectivity index (χ0) is 24.6. The van der Waals surface area contributed by atoms with Crippen LogP contribution in [0.3, 0.4) is 0 Å². The van der Waals surface area contributed by atoms with Crippen molar-refractivity contribution in [3.8, 4) is 0 Å². The Morgan fingerprint density at radius 1 is 0.485 bits per heavy atom. The average molecular weight is 554 g/mol. The summed E-state index contributed by atoms with van der Waals surface area (Å²) < 4.78 is 32.8.